The van der Waals surface area contributed by atoms with Gasteiger partial charge in [0.25, 0.3) is 0 Å². The maximum absolute atomic E-state index is 13.5. The molecule has 1 unspecified atom stereocenters. The van der Waals surface area contributed by atoms with Gasteiger partial charge in [0.1, 0.15) is 5.82 Å². The van der Waals surface area contributed by atoms with Gasteiger partial charge in [-0.15, -0.1) is 0 Å². The van der Waals surface area contributed by atoms with Crippen molar-refractivity contribution in [2.45, 2.75) is 26.3 Å². The molecule has 2 aromatic carbocycles. The van der Waals surface area contributed by atoms with Crippen molar-refractivity contribution in [2.75, 3.05) is 7.05 Å². The Bertz CT molecular complexity index is 590. The van der Waals surface area contributed by atoms with Crippen LogP contribution in [0.5, 0.6) is 0 Å². The second kappa shape index (κ2) is 6.51. The van der Waals surface area contributed by atoms with Crippen molar-refractivity contribution in [3.8, 4) is 0 Å². The monoisotopic (exact) mass is 335 g/mol. The highest BCUT2D eigenvalue weighted by Crippen LogP contribution is 2.25. The fourth-order valence-corrected chi connectivity index (χ4v) is 3.00. The summed E-state index contributed by atoms with van der Waals surface area (Å²) in [5.74, 6) is -0.204. The highest BCUT2D eigenvalue weighted by Gasteiger charge is 2.14. The number of benzene rings is 2. The third-order valence-corrected chi connectivity index (χ3v) is 4.19. The van der Waals surface area contributed by atoms with Crippen LogP contribution < -0.4 is 5.32 Å². The Hall–Kier alpha value is -1.19. The zero-order chi connectivity index (χ0) is 14.7. The average molecular weight is 336 g/mol. The maximum atomic E-state index is 13.5. The molecule has 0 aromatic heterocycles. The Balaban J connectivity index is 2.31. The van der Waals surface area contributed by atoms with Gasteiger partial charge in [-0.3, -0.25) is 0 Å². The molecular weight excluding hydrogens is 317 g/mol. The molecule has 0 amide bonds. The normalized spacial score (nSPS) is 12.4. The Labute approximate surface area is 128 Å². The third-order valence-electron chi connectivity index (χ3n) is 3.73. The van der Waals surface area contributed by atoms with Crippen LogP contribution in [0.3, 0.4) is 0 Å². The number of hydrogen-bond acceptors (Lipinski definition) is 1. The van der Waals surface area contributed by atoms with E-state index in [1.165, 1.54) is 22.8 Å². The molecule has 1 N–H and O–H groups in total. The van der Waals surface area contributed by atoms with E-state index in [4.69, 9.17) is 0 Å². The molecule has 2 aromatic rings. The van der Waals surface area contributed by atoms with Gasteiger partial charge in [0.2, 0.25) is 0 Å². The van der Waals surface area contributed by atoms with Gasteiger partial charge in [-0.25, -0.2) is 4.39 Å². The van der Waals surface area contributed by atoms with Crippen LogP contribution in [-0.4, -0.2) is 7.05 Å². The van der Waals surface area contributed by atoms with Crippen LogP contribution in [0.4, 0.5) is 4.39 Å². The van der Waals surface area contributed by atoms with E-state index in [9.17, 15) is 4.39 Å². The number of rotatable bonds is 4. The van der Waals surface area contributed by atoms with Crippen LogP contribution in [0.1, 0.15) is 28.3 Å². The van der Waals surface area contributed by atoms with E-state index in [0.29, 0.717) is 0 Å². The van der Waals surface area contributed by atoms with Gasteiger partial charge >= 0.3 is 0 Å². The lowest BCUT2D eigenvalue weighted by atomic mass is 9.93. The quantitative estimate of drug-likeness (QED) is 0.853. The van der Waals surface area contributed by atoms with Crippen molar-refractivity contribution in [1.29, 1.82) is 0 Å². The van der Waals surface area contributed by atoms with Gasteiger partial charge in [-0.2, -0.15) is 0 Å². The number of aryl methyl sites for hydroxylation is 1. The van der Waals surface area contributed by atoms with Crippen LogP contribution in [0, 0.1) is 19.7 Å². The van der Waals surface area contributed by atoms with Gasteiger partial charge in [0.05, 0.1) is 0 Å². The van der Waals surface area contributed by atoms with Gasteiger partial charge in [0, 0.05) is 10.5 Å². The van der Waals surface area contributed by atoms with Crippen molar-refractivity contribution in [3.63, 3.8) is 0 Å². The molecule has 0 saturated heterocycles. The lowest BCUT2D eigenvalue weighted by Crippen LogP contribution is -2.20. The Morgan fingerprint density at radius 3 is 2.60 bits per heavy atom. The second-order valence-corrected chi connectivity index (χ2v) is 6.03. The standard InChI is InChI=1S/C17H19BrFN/c1-11-5-4-6-16(12(11)2)17(20-3)9-13-7-14(18)10-15(19)8-13/h4-8,10,17,20H,9H2,1-3H3. The Morgan fingerprint density at radius 1 is 1.20 bits per heavy atom. The Morgan fingerprint density at radius 2 is 1.95 bits per heavy atom. The third kappa shape index (κ3) is 3.47. The molecule has 0 bridgehead atoms. The predicted octanol–water partition coefficient (Wildman–Crippen LogP) is 4.71. The molecule has 0 radical (unpaired) electrons. The van der Waals surface area contributed by atoms with Crippen LogP contribution >= 0.6 is 15.9 Å². The molecule has 0 saturated carbocycles. The molecule has 3 heteroatoms. The summed E-state index contributed by atoms with van der Waals surface area (Å²) in [5.41, 5.74) is 4.83. The summed E-state index contributed by atoms with van der Waals surface area (Å²) in [4.78, 5) is 0. The van der Waals surface area contributed by atoms with Gasteiger partial charge in [-0.05, 0) is 67.8 Å². The highest BCUT2D eigenvalue weighted by atomic mass is 79.9. The molecule has 20 heavy (non-hydrogen) atoms. The molecule has 0 aliphatic heterocycles. The van der Waals surface area contributed by atoms with E-state index >= 15 is 0 Å². The predicted molar refractivity (Wildman–Crippen MR) is 85.5 cm³/mol. The minimum Gasteiger partial charge on any atom is -0.313 e. The van der Waals surface area contributed by atoms with Crippen molar-refractivity contribution in [3.05, 3.63) is 68.9 Å². The van der Waals surface area contributed by atoms with Crippen molar-refractivity contribution >= 4 is 15.9 Å². The van der Waals surface area contributed by atoms with E-state index in [-0.39, 0.29) is 11.9 Å². The van der Waals surface area contributed by atoms with Crippen molar-refractivity contribution in [1.82, 2.24) is 5.32 Å². The number of likely N-dealkylation sites (N-methyl/N-ethyl adjacent to an activating group) is 1. The molecule has 0 fully saturated rings. The first-order valence-corrected chi connectivity index (χ1v) is 7.49. The zero-order valence-corrected chi connectivity index (χ0v) is 13.6. The first-order chi connectivity index (χ1) is 9.51. The second-order valence-electron chi connectivity index (χ2n) is 5.11. The fraction of sp³-hybridized carbons (Fsp3) is 0.294. The van der Waals surface area contributed by atoms with E-state index in [1.54, 1.807) is 6.07 Å². The summed E-state index contributed by atoms with van der Waals surface area (Å²) in [6, 6.07) is 11.6. The molecular formula is C17H19BrFN. The maximum Gasteiger partial charge on any atom is 0.124 e. The summed E-state index contributed by atoms with van der Waals surface area (Å²) in [5, 5.41) is 3.34. The molecule has 2 rings (SSSR count). The summed E-state index contributed by atoms with van der Waals surface area (Å²) in [7, 11) is 1.95. The molecule has 0 spiro atoms. The highest BCUT2D eigenvalue weighted by molar-refractivity contribution is 9.10. The van der Waals surface area contributed by atoms with E-state index in [0.717, 1.165) is 16.5 Å². The molecule has 1 atom stereocenters. The molecule has 0 aliphatic carbocycles. The van der Waals surface area contributed by atoms with E-state index < -0.39 is 0 Å². The largest absolute Gasteiger partial charge is 0.313 e. The summed E-state index contributed by atoms with van der Waals surface area (Å²) in [6.45, 7) is 4.25. The Kier molecular flexibility index (Phi) is 4.95. The lowest BCUT2D eigenvalue weighted by Gasteiger charge is -2.20. The molecule has 106 valence electrons. The molecule has 1 nitrogen and oxygen atoms in total. The summed E-state index contributed by atoms with van der Waals surface area (Å²) >= 11 is 3.35. The van der Waals surface area contributed by atoms with Gasteiger partial charge < -0.3 is 5.32 Å². The van der Waals surface area contributed by atoms with Crippen LogP contribution in [0.15, 0.2) is 40.9 Å². The number of halogens is 2. The van der Waals surface area contributed by atoms with E-state index in [2.05, 4.69) is 53.3 Å². The first-order valence-electron chi connectivity index (χ1n) is 6.69. The molecule has 0 heterocycles. The number of hydrogen-bond donors (Lipinski definition) is 1. The first kappa shape index (κ1) is 15.2. The van der Waals surface area contributed by atoms with Crippen LogP contribution in [0.2, 0.25) is 0 Å². The van der Waals surface area contributed by atoms with Gasteiger partial charge in [-0.1, -0.05) is 34.1 Å². The fourth-order valence-electron chi connectivity index (χ4n) is 2.48. The number of nitrogens with one attached hydrogen (secondary N) is 1. The molecule has 0 aliphatic rings. The van der Waals surface area contributed by atoms with Crippen LogP contribution in [-0.2, 0) is 6.42 Å². The van der Waals surface area contributed by atoms with Crippen molar-refractivity contribution < 1.29 is 4.39 Å². The summed E-state index contributed by atoms with van der Waals surface area (Å²) < 4.78 is 14.3. The summed E-state index contributed by atoms with van der Waals surface area (Å²) in [6.07, 6.45) is 0.761. The zero-order valence-electron chi connectivity index (χ0n) is 12.0. The van der Waals surface area contributed by atoms with E-state index in [1.807, 2.05) is 13.1 Å². The van der Waals surface area contributed by atoms with Gasteiger partial charge in [0.15, 0.2) is 0 Å². The lowest BCUT2D eigenvalue weighted by molar-refractivity contribution is 0.581. The topological polar surface area (TPSA) is 12.0 Å². The minimum atomic E-state index is -0.204. The smallest absolute Gasteiger partial charge is 0.124 e. The van der Waals surface area contributed by atoms with Crippen LogP contribution in [0.25, 0.3) is 0 Å². The van der Waals surface area contributed by atoms with Crippen molar-refractivity contribution in [2.24, 2.45) is 0 Å². The minimum absolute atomic E-state index is 0.184. The SMILES string of the molecule is CNC(Cc1cc(F)cc(Br)c1)c1cccc(C)c1C. The average Bonchev–Trinajstić information content (AvgIpc) is 2.38.